The van der Waals surface area contributed by atoms with E-state index in [2.05, 4.69) is 9.47 Å². The molecule has 4 atom stereocenters. The van der Waals surface area contributed by atoms with Gasteiger partial charge in [-0.2, -0.15) is 0 Å². The van der Waals surface area contributed by atoms with E-state index in [1.807, 2.05) is 0 Å². The normalized spacial score (nSPS) is 29.3. The van der Waals surface area contributed by atoms with Crippen LogP contribution >= 0.6 is 0 Å². The van der Waals surface area contributed by atoms with Gasteiger partial charge in [-0.05, 0) is 12.8 Å². The third-order valence-electron chi connectivity index (χ3n) is 3.63. The predicted octanol–water partition coefficient (Wildman–Crippen LogP) is -0.240. The van der Waals surface area contributed by atoms with Crippen molar-refractivity contribution in [1.29, 1.82) is 0 Å². The molecule has 0 saturated heterocycles. The number of carbonyl (C=O) groups excluding carboxylic acids is 2. The van der Waals surface area contributed by atoms with Crippen molar-refractivity contribution in [2.24, 2.45) is 23.7 Å². The Bertz CT molecular complexity index is 389. The zero-order valence-corrected chi connectivity index (χ0v) is 11.1. The van der Waals surface area contributed by atoms with E-state index in [1.165, 1.54) is 0 Å². The first-order valence-corrected chi connectivity index (χ1v) is 5.94. The second kappa shape index (κ2) is 6.36. The summed E-state index contributed by atoms with van der Waals surface area (Å²) >= 11 is 0. The van der Waals surface area contributed by atoms with Crippen LogP contribution in [0.25, 0.3) is 0 Å². The summed E-state index contributed by atoms with van der Waals surface area (Å²) in [4.78, 5) is 45.6. The molecule has 1 saturated carbocycles. The molecule has 8 nitrogen and oxygen atoms in total. The van der Waals surface area contributed by atoms with Gasteiger partial charge in [0.2, 0.25) is 0 Å². The van der Waals surface area contributed by atoms with E-state index < -0.39 is 47.5 Å². The summed E-state index contributed by atoms with van der Waals surface area (Å²) in [6.45, 7) is 0. The molecule has 0 aliphatic heterocycles. The molecule has 0 aromatic heterocycles. The molecule has 1 rings (SSSR count). The van der Waals surface area contributed by atoms with Gasteiger partial charge < -0.3 is 19.7 Å². The molecular formula is C12H16O8. The minimum absolute atomic E-state index is 0.265. The van der Waals surface area contributed by atoms with Gasteiger partial charge in [0.25, 0.3) is 0 Å². The van der Waals surface area contributed by atoms with Crippen LogP contribution in [0.4, 0.5) is 0 Å². The number of carboxylic acid groups (broad SMARTS) is 2. The first-order chi connectivity index (χ1) is 9.33. The van der Waals surface area contributed by atoms with Crippen LogP contribution in [0.15, 0.2) is 0 Å². The molecule has 4 unspecified atom stereocenters. The van der Waals surface area contributed by atoms with Gasteiger partial charge in [-0.15, -0.1) is 0 Å². The molecule has 0 aromatic carbocycles. The largest absolute Gasteiger partial charge is 0.481 e. The van der Waals surface area contributed by atoms with Crippen LogP contribution in [0.5, 0.6) is 0 Å². The molecule has 0 heterocycles. The van der Waals surface area contributed by atoms with Crippen LogP contribution in [0.1, 0.15) is 12.8 Å². The summed E-state index contributed by atoms with van der Waals surface area (Å²) in [6, 6.07) is 0. The lowest BCUT2D eigenvalue weighted by Gasteiger charge is -2.34. The first kappa shape index (κ1) is 15.9. The van der Waals surface area contributed by atoms with Gasteiger partial charge >= 0.3 is 23.9 Å². The zero-order valence-electron chi connectivity index (χ0n) is 11.1. The molecule has 0 bridgehead atoms. The van der Waals surface area contributed by atoms with Crippen LogP contribution in [-0.2, 0) is 28.7 Å². The van der Waals surface area contributed by atoms with E-state index in [-0.39, 0.29) is 12.8 Å². The van der Waals surface area contributed by atoms with Gasteiger partial charge in [0, 0.05) is 0 Å². The van der Waals surface area contributed by atoms with Gasteiger partial charge in [-0.1, -0.05) is 0 Å². The standard InChI is InChI=1S/C12H16O8/c1-19-11(17)7-3-5(9(13)14)6(10(15)16)4-8(7)12(18)20-2/h5-8H,3-4H2,1-2H3,(H,13,14)(H,15,16). The third kappa shape index (κ3) is 3.06. The van der Waals surface area contributed by atoms with Crippen LogP contribution in [-0.4, -0.2) is 48.3 Å². The Balaban J connectivity index is 3.10. The number of carboxylic acids is 2. The van der Waals surface area contributed by atoms with E-state index in [9.17, 15) is 19.2 Å². The smallest absolute Gasteiger partial charge is 0.309 e. The number of methoxy groups -OCH3 is 2. The Morgan fingerprint density at radius 3 is 1.25 bits per heavy atom. The molecule has 0 spiro atoms. The maximum atomic E-state index is 11.7. The number of hydrogen-bond donors (Lipinski definition) is 2. The van der Waals surface area contributed by atoms with Crippen molar-refractivity contribution in [2.75, 3.05) is 14.2 Å². The highest BCUT2D eigenvalue weighted by molar-refractivity contribution is 5.86. The summed E-state index contributed by atoms with van der Waals surface area (Å²) in [5, 5.41) is 18.2. The molecule has 112 valence electrons. The fraction of sp³-hybridized carbons (Fsp3) is 0.667. The van der Waals surface area contributed by atoms with Gasteiger partial charge in [-0.3, -0.25) is 19.2 Å². The topological polar surface area (TPSA) is 127 Å². The lowest BCUT2D eigenvalue weighted by Crippen LogP contribution is -2.45. The molecule has 1 aliphatic carbocycles. The lowest BCUT2D eigenvalue weighted by molar-refractivity contribution is -0.170. The van der Waals surface area contributed by atoms with Gasteiger partial charge in [0.05, 0.1) is 37.9 Å². The van der Waals surface area contributed by atoms with Crippen molar-refractivity contribution >= 4 is 23.9 Å². The highest BCUT2D eigenvalue weighted by Crippen LogP contribution is 2.39. The fourth-order valence-electron chi connectivity index (χ4n) is 2.57. The van der Waals surface area contributed by atoms with Crippen molar-refractivity contribution in [3.05, 3.63) is 0 Å². The molecular weight excluding hydrogens is 272 g/mol. The number of carbonyl (C=O) groups is 4. The maximum Gasteiger partial charge on any atom is 0.309 e. The third-order valence-corrected chi connectivity index (χ3v) is 3.63. The Kier molecular flexibility index (Phi) is 5.06. The summed E-state index contributed by atoms with van der Waals surface area (Å²) < 4.78 is 9.10. The average Bonchev–Trinajstić information content (AvgIpc) is 2.43. The second-order valence-corrected chi connectivity index (χ2v) is 4.62. The Hall–Kier alpha value is -2.12. The summed E-state index contributed by atoms with van der Waals surface area (Å²) in [6.07, 6.45) is -0.530. The highest BCUT2D eigenvalue weighted by Gasteiger charge is 2.49. The van der Waals surface area contributed by atoms with Gasteiger partial charge in [0.1, 0.15) is 0 Å². The second-order valence-electron chi connectivity index (χ2n) is 4.62. The number of hydrogen-bond acceptors (Lipinski definition) is 6. The number of aliphatic carboxylic acids is 2. The zero-order chi connectivity index (χ0) is 15.4. The predicted molar refractivity (Wildman–Crippen MR) is 62.5 cm³/mol. The Labute approximate surface area is 114 Å². The van der Waals surface area contributed by atoms with E-state index in [1.54, 1.807) is 0 Å². The minimum atomic E-state index is -1.31. The molecule has 1 aliphatic rings. The first-order valence-electron chi connectivity index (χ1n) is 5.94. The summed E-state index contributed by atoms with van der Waals surface area (Å²) in [7, 11) is 2.24. The van der Waals surface area contributed by atoms with Crippen LogP contribution in [0.2, 0.25) is 0 Å². The molecule has 0 aromatic rings. The molecule has 20 heavy (non-hydrogen) atoms. The number of ether oxygens (including phenoxy) is 2. The Morgan fingerprint density at radius 1 is 0.750 bits per heavy atom. The van der Waals surface area contributed by atoms with E-state index in [0.29, 0.717) is 0 Å². The van der Waals surface area contributed by atoms with Crippen molar-refractivity contribution in [1.82, 2.24) is 0 Å². The quantitative estimate of drug-likeness (QED) is 0.678. The van der Waals surface area contributed by atoms with Crippen LogP contribution < -0.4 is 0 Å². The van der Waals surface area contributed by atoms with Crippen LogP contribution in [0.3, 0.4) is 0 Å². The minimum Gasteiger partial charge on any atom is -0.481 e. The maximum absolute atomic E-state index is 11.7. The molecule has 0 radical (unpaired) electrons. The van der Waals surface area contributed by atoms with Crippen LogP contribution in [0, 0.1) is 23.7 Å². The lowest BCUT2D eigenvalue weighted by atomic mass is 9.68. The SMILES string of the molecule is COC(=O)C1CC(C(=O)O)C(C(=O)O)CC1C(=O)OC. The average molecular weight is 288 g/mol. The molecule has 0 amide bonds. The van der Waals surface area contributed by atoms with Gasteiger partial charge in [-0.25, -0.2) is 0 Å². The summed E-state index contributed by atoms with van der Waals surface area (Å²) in [5.74, 6) is -8.60. The van der Waals surface area contributed by atoms with Crippen molar-refractivity contribution in [2.45, 2.75) is 12.8 Å². The highest BCUT2D eigenvalue weighted by atomic mass is 16.5. The van der Waals surface area contributed by atoms with E-state index in [4.69, 9.17) is 10.2 Å². The van der Waals surface area contributed by atoms with Crippen molar-refractivity contribution in [3.63, 3.8) is 0 Å². The van der Waals surface area contributed by atoms with Gasteiger partial charge in [0.15, 0.2) is 0 Å². The summed E-state index contributed by atoms with van der Waals surface area (Å²) in [5.41, 5.74) is 0. The monoisotopic (exact) mass is 288 g/mol. The van der Waals surface area contributed by atoms with E-state index >= 15 is 0 Å². The van der Waals surface area contributed by atoms with Crippen molar-refractivity contribution in [3.8, 4) is 0 Å². The molecule has 8 heteroatoms. The molecule has 2 N–H and O–H groups in total. The Morgan fingerprint density at radius 2 is 1.05 bits per heavy atom. The molecule has 1 fully saturated rings. The fourth-order valence-corrected chi connectivity index (χ4v) is 2.57. The van der Waals surface area contributed by atoms with Crippen molar-refractivity contribution < 1.29 is 38.9 Å². The number of esters is 2. The van der Waals surface area contributed by atoms with E-state index in [0.717, 1.165) is 14.2 Å². The number of rotatable bonds is 4.